The van der Waals surface area contributed by atoms with Crippen LogP contribution in [-0.2, 0) is 0 Å². The quantitative estimate of drug-likeness (QED) is 0.626. The van der Waals surface area contributed by atoms with Gasteiger partial charge in [0.2, 0.25) is 0 Å². The predicted molar refractivity (Wildman–Crippen MR) is 76.6 cm³/mol. The van der Waals surface area contributed by atoms with Crippen LogP contribution >= 0.6 is 27.5 Å². The van der Waals surface area contributed by atoms with Crippen molar-refractivity contribution >= 4 is 33.4 Å². The van der Waals surface area contributed by atoms with Crippen LogP contribution in [0.3, 0.4) is 0 Å². The van der Waals surface area contributed by atoms with E-state index in [2.05, 4.69) is 15.9 Å². The molecule has 0 unspecified atom stereocenters. The van der Waals surface area contributed by atoms with Gasteiger partial charge in [-0.15, -0.1) is 0 Å². The minimum atomic E-state index is -0.724. The molecule has 104 valence electrons. The summed E-state index contributed by atoms with van der Waals surface area (Å²) in [6.45, 7) is 0. The Hall–Kier alpha value is -1.66. The molecule has 0 heterocycles. The fourth-order valence-corrected chi connectivity index (χ4v) is 2.24. The monoisotopic (exact) mass is 360 g/mol. The Bertz CT molecular complexity index is 694. The van der Waals surface area contributed by atoms with Gasteiger partial charge in [0, 0.05) is 5.56 Å². The normalized spacial score (nSPS) is 10.4. The van der Waals surface area contributed by atoms with Crippen molar-refractivity contribution < 1.29 is 13.5 Å². The largest absolute Gasteiger partial charge is 0.453 e. The van der Waals surface area contributed by atoms with Gasteiger partial charge in [0.1, 0.15) is 17.4 Å². The van der Waals surface area contributed by atoms with Gasteiger partial charge >= 0.3 is 0 Å². The molecule has 20 heavy (non-hydrogen) atoms. The maximum atomic E-state index is 14.1. The second-order valence-electron chi connectivity index (χ2n) is 3.83. The van der Waals surface area contributed by atoms with E-state index in [1.165, 1.54) is 18.2 Å². The van der Waals surface area contributed by atoms with Gasteiger partial charge in [-0.05, 0) is 46.3 Å². The van der Waals surface area contributed by atoms with Gasteiger partial charge in [0.05, 0.1) is 9.50 Å². The average molecular weight is 362 g/mol. The molecule has 3 N–H and O–H groups in total. The lowest BCUT2D eigenvalue weighted by atomic mass is 10.2. The molecule has 0 amide bonds. The SMILES string of the molecule is N=C(N)c1ccc(Oc2ccc(F)cc2Cl)c(F)c1Br. The third kappa shape index (κ3) is 2.91. The van der Waals surface area contributed by atoms with E-state index in [0.717, 1.165) is 12.1 Å². The van der Waals surface area contributed by atoms with Gasteiger partial charge in [-0.1, -0.05) is 11.6 Å². The molecule has 0 saturated carbocycles. The second kappa shape index (κ2) is 5.76. The van der Waals surface area contributed by atoms with Crippen LogP contribution in [0.2, 0.25) is 5.02 Å². The number of nitrogens with one attached hydrogen (secondary N) is 1. The Balaban J connectivity index is 2.39. The number of nitrogen functional groups attached to an aromatic ring is 1. The summed E-state index contributed by atoms with van der Waals surface area (Å²) in [6, 6.07) is 6.26. The lowest BCUT2D eigenvalue weighted by molar-refractivity contribution is 0.439. The molecule has 0 radical (unpaired) electrons. The highest BCUT2D eigenvalue weighted by molar-refractivity contribution is 9.10. The summed E-state index contributed by atoms with van der Waals surface area (Å²) in [5.41, 5.74) is 5.52. The number of nitrogens with two attached hydrogens (primary N) is 1. The zero-order valence-electron chi connectivity index (χ0n) is 9.88. The van der Waals surface area contributed by atoms with Crippen LogP contribution < -0.4 is 10.5 Å². The third-order valence-corrected chi connectivity index (χ3v) is 3.52. The van der Waals surface area contributed by atoms with E-state index in [1.807, 2.05) is 0 Å². The topological polar surface area (TPSA) is 59.1 Å². The number of ether oxygens (including phenoxy) is 1. The predicted octanol–water partition coefficient (Wildman–Crippen LogP) is 4.46. The van der Waals surface area contributed by atoms with E-state index in [0.29, 0.717) is 0 Å². The highest BCUT2D eigenvalue weighted by atomic mass is 79.9. The summed E-state index contributed by atoms with van der Waals surface area (Å²) in [4.78, 5) is 0. The van der Waals surface area contributed by atoms with Crippen LogP contribution in [0.25, 0.3) is 0 Å². The Kier molecular flexibility index (Phi) is 4.25. The zero-order valence-corrected chi connectivity index (χ0v) is 12.2. The summed E-state index contributed by atoms with van der Waals surface area (Å²) in [7, 11) is 0. The molecule has 0 aliphatic rings. The molecule has 2 aromatic carbocycles. The van der Waals surface area contributed by atoms with Crippen LogP contribution in [0.1, 0.15) is 5.56 Å². The molecule has 7 heteroatoms. The van der Waals surface area contributed by atoms with Crippen LogP contribution in [0, 0.1) is 17.0 Å². The average Bonchev–Trinajstić information content (AvgIpc) is 2.37. The Morgan fingerprint density at radius 1 is 1.20 bits per heavy atom. The van der Waals surface area contributed by atoms with Gasteiger partial charge in [0.25, 0.3) is 0 Å². The number of hydrogen-bond acceptors (Lipinski definition) is 2. The molecule has 0 aromatic heterocycles. The van der Waals surface area contributed by atoms with Crippen LogP contribution in [0.15, 0.2) is 34.8 Å². The number of halogens is 4. The fourth-order valence-electron chi connectivity index (χ4n) is 1.50. The second-order valence-corrected chi connectivity index (χ2v) is 5.03. The summed E-state index contributed by atoms with van der Waals surface area (Å²) < 4.78 is 32.3. The van der Waals surface area contributed by atoms with E-state index in [1.54, 1.807) is 0 Å². The van der Waals surface area contributed by atoms with E-state index in [4.69, 9.17) is 27.5 Å². The van der Waals surface area contributed by atoms with E-state index >= 15 is 0 Å². The fraction of sp³-hybridized carbons (Fsp3) is 0. The molecule has 0 atom stereocenters. The standard InChI is InChI=1S/C13H8BrClF2N2O/c14-11-7(13(18)19)2-4-10(12(11)17)20-9-3-1-6(16)5-8(9)15/h1-5H,(H3,18,19). The molecular weight excluding hydrogens is 354 g/mol. The molecule has 3 nitrogen and oxygen atoms in total. The first-order chi connectivity index (χ1) is 9.40. The summed E-state index contributed by atoms with van der Waals surface area (Å²) in [6.07, 6.45) is 0. The van der Waals surface area contributed by atoms with Crippen molar-refractivity contribution in [3.63, 3.8) is 0 Å². The van der Waals surface area contributed by atoms with Crippen LogP contribution in [-0.4, -0.2) is 5.84 Å². The number of rotatable bonds is 3. The molecule has 2 aromatic rings. The van der Waals surface area contributed by atoms with Crippen LogP contribution in [0.4, 0.5) is 8.78 Å². The third-order valence-electron chi connectivity index (χ3n) is 2.45. The summed E-state index contributed by atoms with van der Waals surface area (Å²) in [5.74, 6) is -1.51. The number of benzene rings is 2. The molecule has 2 rings (SSSR count). The lowest BCUT2D eigenvalue weighted by Crippen LogP contribution is -2.12. The molecule has 0 aliphatic heterocycles. The highest BCUT2D eigenvalue weighted by Gasteiger charge is 2.15. The Morgan fingerprint density at radius 3 is 2.45 bits per heavy atom. The minimum Gasteiger partial charge on any atom is -0.453 e. The van der Waals surface area contributed by atoms with E-state index < -0.39 is 11.6 Å². The molecule has 0 saturated heterocycles. The molecule has 0 bridgehead atoms. The summed E-state index contributed by atoms with van der Waals surface area (Å²) >= 11 is 8.81. The Morgan fingerprint density at radius 2 is 1.85 bits per heavy atom. The van der Waals surface area contributed by atoms with Gasteiger partial charge < -0.3 is 10.5 Å². The van der Waals surface area contributed by atoms with Gasteiger partial charge in [-0.2, -0.15) is 0 Å². The van der Waals surface area contributed by atoms with Gasteiger partial charge in [0.15, 0.2) is 11.6 Å². The van der Waals surface area contributed by atoms with Crippen molar-refractivity contribution in [2.75, 3.05) is 0 Å². The molecule has 0 spiro atoms. The zero-order chi connectivity index (χ0) is 14.9. The lowest BCUT2D eigenvalue weighted by Gasteiger charge is -2.11. The maximum Gasteiger partial charge on any atom is 0.180 e. The van der Waals surface area contributed by atoms with Crippen molar-refractivity contribution in [3.8, 4) is 11.5 Å². The van der Waals surface area contributed by atoms with Crippen molar-refractivity contribution in [1.82, 2.24) is 0 Å². The first-order valence-corrected chi connectivity index (χ1v) is 6.52. The van der Waals surface area contributed by atoms with E-state index in [9.17, 15) is 8.78 Å². The van der Waals surface area contributed by atoms with Crippen molar-refractivity contribution in [2.45, 2.75) is 0 Å². The van der Waals surface area contributed by atoms with Crippen LogP contribution in [0.5, 0.6) is 11.5 Å². The molecular formula is C13H8BrClF2N2O. The van der Waals surface area contributed by atoms with Gasteiger partial charge in [-0.25, -0.2) is 8.78 Å². The first-order valence-electron chi connectivity index (χ1n) is 5.35. The number of amidine groups is 1. The van der Waals surface area contributed by atoms with Crippen molar-refractivity contribution in [3.05, 3.63) is 57.0 Å². The first kappa shape index (κ1) is 14.7. The molecule has 0 aliphatic carbocycles. The highest BCUT2D eigenvalue weighted by Crippen LogP contribution is 2.34. The smallest absolute Gasteiger partial charge is 0.180 e. The maximum absolute atomic E-state index is 14.1. The van der Waals surface area contributed by atoms with Crippen molar-refractivity contribution in [2.24, 2.45) is 5.73 Å². The minimum absolute atomic E-state index is 0.0146. The summed E-state index contributed by atoms with van der Waals surface area (Å²) in [5, 5.41) is 7.32. The Labute approximate surface area is 126 Å². The van der Waals surface area contributed by atoms with Crippen molar-refractivity contribution in [1.29, 1.82) is 5.41 Å². The van der Waals surface area contributed by atoms with E-state index in [-0.39, 0.29) is 32.4 Å². The number of hydrogen-bond donors (Lipinski definition) is 2. The van der Waals surface area contributed by atoms with Gasteiger partial charge in [-0.3, -0.25) is 5.41 Å². The molecule has 0 fully saturated rings.